The maximum atomic E-state index is 10.6. The molecule has 1 N–H and O–H groups in total. The van der Waals surface area contributed by atoms with E-state index in [4.69, 9.17) is 4.98 Å². The summed E-state index contributed by atoms with van der Waals surface area (Å²) >= 11 is 0. The number of fused-ring (bicyclic) bond motifs is 3. The van der Waals surface area contributed by atoms with Crippen LogP contribution in [-0.4, -0.2) is 43.6 Å². The Morgan fingerprint density at radius 3 is 2.25 bits per heavy atom. The summed E-state index contributed by atoms with van der Waals surface area (Å²) in [6.45, 7) is 10.1. The number of likely N-dealkylation sites (N-methyl/N-ethyl adjacent to an activating group) is 1. The minimum Gasteiger partial charge on any atom is -0.387 e. The minimum atomic E-state index is -0.618. The van der Waals surface area contributed by atoms with Gasteiger partial charge in [0.2, 0.25) is 5.78 Å². The van der Waals surface area contributed by atoms with Crippen molar-refractivity contribution in [1.82, 2.24) is 18.9 Å². The van der Waals surface area contributed by atoms with Crippen molar-refractivity contribution >= 4 is 16.8 Å². The van der Waals surface area contributed by atoms with Gasteiger partial charge in [-0.3, -0.25) is 4.40 Å². The number of hydrogen-bond acceptors (Lipinski definition) is 3. The Balaban J connectivity index is 1.95. The Morgan fingerprint density at radius 2 is 1.61 bits per heavy atom. The zero-order valence-corrected chi connectivity index (χ0v) is 16.8. The molecule has 0 aliphatic heterocycles. The molecule has 0 bridgehead atoms. The number of para-hydroxylation sites is 2. The average Bonchev–Trinajstić information content (AvgIpc) is 3.25. The highest BCUT2D eigenvalue weighted by atomic mass is 16.3. The summed E-state index contributed by atoms with van der Waals surface area (Å²) in [6.07, 6.45) is -0.618. The number of hydrogen-bond donors (Lipinski definition) is 1. The smallest absolute Gasteiger partial charge is 0.215 e. The first-order valence-corrected chi connectivity index (χ1v) is 10.1. The number of rotatable bonds is 7. The van der Waals surface area contributed by atoms with Crippen molar-refractivity contribution in [3.63, 3.8) is 0 Å². The Bertz CT molecular complexity index is 1070. The van der Waals surface area contributed by atoms with E-state index in [0.29, 0.717) is 0 Å². The van der Waals surface area contributed by atoms with Crippen LogP contribution in [-0.2, 0) is 6.54 Å². The molecule has 2 aromatic heterocycles. The lowest BCUT2D eigenvalue weighted by molar-refractivity contribution is 0.194. The van der Waals surface area contributed by atoms with Crippen molar-refractivity contribution in [3.05, 3.63) is 60.3 Å². The van der Waals surface area contributed by atoms with Gasteiger partial charge in [0.25, 0.3) is 0 Å². The fourth-order valence-electron chi connectivity index (χ4n) is 4.02. The van der Waals surface area contributed by atoms with E-state index in [-0.39, 0.29) is 0 Å². The highest BCUT2D eigenvalue weighted by molar-refractivity contribution is 5.83. The molecule has 0 amide bonds. The summed E-state index contributed by atoms with van der Waals surface area (Å²) in [7, 11) is 0. The van der Waals surface area contributed by atoms with Gasteiger partial charge in [-0.25, -0.2) is 4.98 Å². The Kier molecular flexibility index (Phi) is 5.20. The van der Waals surface area contributed by atoms with Gasteiger partial charge in [0.1, 0.15) is 0 Å². The van der Waals surface area contributed by atoms with Gasteiger partial charge in [0.05, 0.1) is 28.5 Å². The second-order valence-corrected chi connectivity index (χ2v) is 7.19. The third-order valence-electron chi connectivity index (χ3n) is 5.53. The molecule has 146 valence electrons. The number of aliphatic hydroxyl groups excluding tert-OH is 1. The molecule has 0 fully saturated rings. The lowest BCUT2D eigenvalue weighted by Gasteiger charge is -2.18. The Labute approximate surface area is 165 Å². The SMILES string of the molecule is CCN(CC)CCn1c2ccccc2n2c(C(C)O)c(-c3ccccc3)nc12. The van der Waals surface area contributed by atoms with Crippen LogP contribution in [0.5, 0.6) is 0 Å². The number of benzene rings is 2. The molecule has 0 aliphatic carbocycles. The topological polar surface area (TPSA) is 45.7 Å². The molecular weight excluding hydrogens is 348 g/mol. The Hall–Kier alpha value is -2.63. The number of aliphatic hydroxyl groups is 1. The van der Waals surface area contributed by atoms with E-state index in [0.717, 1.165) is 59.9 Å². The van der Waals surface area contributed by atoms with E-state index in [1.165, 1.54) is 0 Å². The summed E-state index contributed by atoms with van der Waals surface area (Å²) in [4.78, 5) is 7.44. The van der Waals surface area contributed by atoms with Crippen LogP contribution in [0, 0.1) is 0 Å². The van der Waals surface area contributed by atoms with Crippen molar-refractivity contribution in [2.45, 2.75) is 33.4 Å². The predicted molar refractivity (Wildman–Crippen MR) is 115 cm³/mol. The van der Waals surface area contributed by atoms with E-state index in [9.17, 15) is 5.11 Å². The van der Waals surface area contributed by atoms with E-state index in [2.05, 4.69) is 58.0 Å². The first-order valence-electron chi connectivity index (χ1n) is 10.1. The van der Waals surface area contributed by atoms with Gasteiger partial charge in [0, 0.05) is 18.7 Å². The largest absolute Gasteiger partial charge is 0.387 e. The van der Waals surface area contributed by atoms with Crippen LogP contribution in [0.1, 0.15) is 32.6 Å². The molecule has 0 aliphatic rings. The summed E-state index contributed by atoms with van der Waals surface area (Å²) in [5, 5.41) is 10.6. The summed E-state index contributed by atoms with van der Waals surface area (Å²) in [6, 6.07) is 18.5. The summed E-state index contributed by atoms with van der Waals surface area (Å²) in [5.41, 5.74) is 4.97. The van der Waals surface area contributed by atoms with E-state index in [1.807, 2.05) is 31.2 Å². The van der Waals surface area contributed by atoms with Crippen LogP contribution in [0.15, 0.2) is 54.6 Å². The maximum Gasteiger partial charge on any atom is 0.215 e. The van der Waals surface area contributed by atoms with Gasteiger partial charge < -0.3 is 14.6 Å². The second kappa shape index (κ2) is 7.78. The van der Waals surface area contributed by atoms with Crippen LogP contribution >= 0.6 is 0 Å². The zero-order valence-electron chi connectivity index (χ0n) is 16.8. The molecule has 0 saturated heterocycles. The van der Waals surface area contributed by atoms with E-state index in [1.54, 1.807) is 0 Å². The molecule has 0 saturated carbocycles. The summed E-state index contributed by atoms with van der Waals surface area (Å²) in [5.74, 6) is 0.892. The van der Waals surface area contributed by atoms with Crippen LogP contribution < -0.4 is 0 Å². The summed E-state index contributed by atoms with van der Waals surface area (Å²) < 4.78 is 4.41. The molecule has 1 atom stereocenters. The van der Waals surface area contributed by atoms with Crippen molar-refractivity contribution < 1.29 is 5.11 Å². The lowest BCUT2D eigenvalue weighted by Crippen LogP contribution is -2.27. The monoisotopic (exact) mass is 376 g/mol. The van der Waals surface area contributed by atoms with E-state index < -0.39 is 6.10 Å². The Morgan fingerprint density at radius 1 is 0.964 bits per heavy atom. The van der Waals surface area contributed by atoms with Crippen LogP contribution in [0.25, 0.3) is 28.1 Å². The first-order chi connectivity index (χ1) is 13.7. The van der Waals surface area contributed by atoms with Crippen LogP contribution in [0.2, 0.25) is 0 Å². The van der Waals surface area contributed by atoms with Crippen molar-refractivity contribution in [1.29, 1.82) is 0 Å². The van der Waals surface area contributed by atoms with Crippen molar-refractivity contribution in [2.24, 2.45) is 0 Å². The standard InChI is InChI=1S/C23H28N4O/c1-4-25(5-2)15-16-26-19-13-9-10-14-20(19)27-22(17(3)28)21(24-23(26)27)18-11-7-6-8-12-18/h6-14,17,28H,4-5,15-16H2,1-3H3. The molecular formula is C23H28N4O. The number of nitrogens with zero attached hydrogens (tertiary/aromatic N) is 4. The third-order valence-corrected chi connectivity index (χ3v) is 5.53. The third kappa shape index (κ3) is 3.11. The highest BCUT2D eigenvalue weighted by Crippen LogP contribution is 2.33. The molecule has 28 heavy (non-hydrogen) atoms. The lowest BCUT2D eigenvalue weighted by atomic mass is 10.1. The van der Waals surface area contributed by atoms with Gasteiger partial charge in [-0.15, -0.1) is 0 Å². The van der Waals surface area contributed by atoms with Gasteiger partial charge in [-0.1, -0.05) is 56.3 Å². The molecule has 1 unspecified atom stereocenters. The molecule has 4 rings (SSSR count). The van der Waals surface area contributed by atoms with E-state index >= 15 is 0 Å². The number of imidazole rings is 2. The number of aromatic nitrogens is 3. The second-order valence-electron chi connectivity index (χ2n) is 7.19. The molecule has 5 nitrogen and oxygen atoms in total. The zero-order chi connectivity index (χ0) is 19.7. The van der Waals surface area contributed by atoms with Crippen molar-refractivity contribution in [3.8, 4) is 11.3 Å². The quantitative estimate of drug-likeness (QED) is 0.521. The molecule has 0 radical (unpaired) electrons. The average molecular weight is 377 g/mol. The predicted octanol–water partition coefficient (Wildman–Crippen LogP) is 4.35. The van der Waals surface area contributed by atoms with Gasteiger partial charge in [-0.05, 0) is 32.1 Å². The normalized spacial score (nSPS) is 13.0. The fraction of sp³-hybridized carbons (Fsp3) is 0.348. The highest BCUT2D eigenvalue weighted by Gasteiger charge is 2.23. The molecule has 4 aromatic rings. The van der Waals surface area contributed by atoms with Crippen LogP contribution in [0.3, 0.4) is 0 Å². The molecule has 5 heteroatoms. The van der Waals surface area contributed by atoms with Crippen LogP contribution in [0.4, 0.5) is 0 Å². The molecule has 2 heterocycles. The van der Waals surface area contributed by atoms with Gasteiger partial charge >= 0.3 is 0 Å². The van der Waals surface area contributed by atoms with Crippen molar-refractivity contribution in [2.75, 3.05) is 19.6 Å². The molecule has 0 spiro atoms. The fourth-order valence-corrected chi connectivity index (χ4v) is 4.02. The van der Waals surface area contributed by atoms with Gasteiger partial charge in [-0.2, -0.15) is 0 Å². The first kappa shape index (κ1) is 18.7. The minimum absolute atomic E-state index is 0.618. The maximum absolute atomic E-state index is 10.6. The molecule has 2 aromatic carbocycles. The van der Waals surface area contributed by atoms with Gasteiger partial charge in [0.15, 0.2) is 0 Å².